The second kappa shape index (κ2) is 5.25. The Morgan fingerprint density at radius 3 is 2.53 bits per heavy atom. The van der Waals surface area contributed by atoms with Gasteiger partial charge in [-0.25, -0.2) is 0 Å². The highest BCUT2D eigenvalue weighted by atomic mass is 19.3. The maximum atomic E-state index is 14.1. The molecule has 3 nitrogen and oxygen atoms in total. The molecule has 19 heavy (non-hydrogen) atoms. The van der Waals surface area contributed by atoms with Gasteiger partial charge >= 0.3 is 5.92 Å². The molecule has 0 N–H and O–H groups in total. The summed E-state index contributed by atoms with van der Waals surface area (Å²) in [6.45, 7) is 2.36. The van der Waals surface area contributed by atoms with Gasteiger partial charge in [0.1, 0.15) is 0 Å². The first-order valence-corrected chi connectivity index (χ1v) is 6.22. The van der Waals surface area contributed by atoms with Gasteiger partial charge in [-0.15, -0.1) is 0 Å². The van der Waals surface area contributed by atoms with E-state index in [0.717, 1.165) is 5.56 Å². The number of halogens is 2. The summed E-state index contributed by atoms with van der Waals surface area (Å²) >= 11 is 0. The Kier molecular flexibility index (Phi) is 3.85. The maximum Gasteiger partial charge on any atom is 0.349 e. The summed E-state index contributed by atoms with van der Waals surface area (Å²) in [7, 11) is 1.52. The molecule has 1 aliphatic rings. The lowest BCUT2D eigenvalue weighted by atomic mass is 10.1. The zero-order valence-corrected chi connectivity index (χ0v) is 11.0. The van der Waals surface area contributed by atoms with Crippen LogP contribution in [0.15, 0.2) is 24.3 Å². The van der Waals surface area contributed by atoms with Crippen molar-refractivity contribution in [3.05, 3.63) is 35.4 Å². The highest BCUT2D eigenvalue weighted by Crippen LogP contribution is 2.31. The molecular weight excluding hydrogens is 252 g/mol. The Morgan fingerprint density at radius 1 is 1.37 bits per heavy atom. The number of likely N-dealkylation sites (tertiary alicyclic amines) is 1. The number of ether oxygens (including phenoxy) is 1. The van der Waals surface area contributed by atoms with Crippen LogP contribution in [0.25, 0.3) is 0 Å². The quantitative estimate of drug-likeness (QED) is 0.843. The summed E-state index contributed by atoms with van der Waals surface area (Å²) in [5, 5.41) is 0. The van der Waals surface area contributed by atoms with Crippen LogP contribution < -0.4 is 0 Å². The lowest BCUT2D eigenvalue weighted by Crippen LogP contribution is -2.41. The van der Waals surface area contributed by atoms with Gasteiger partial charge in [-0.2, -0.15) is 8.78 Å². The van der Waals surface area contributed by atoms with E-state index in [1.807, 2.05) is 6.92 Å². The van der Waals surface area contributed by atoms with Crippen molar-refractivity contribution in [3.63, 3.8) is 0 Å². The molecular formula is C14H17F2NO2. The van der Waals surface area contributed by atoms with Gasteiger partial charge in [0.15, 0.2) is 0 Å². The van der Waals surface area contributed by atoms with Crippen molar-refractivity contribution >= 4 is 5.91 Å². The molecule has 0 unspecified atom stereocenters. The maximum absolute atomic E-state index is 14.1. The molecule has 1 aromatic carbocycles. The van der Waals surface area contributed by atoms with Crippen LogP contribution >= 0.6 is 0 Å². The van der Waals surface area contributed by atoms with Gasteiger partial charge in [-0.1, -0.05) is 29.8 Å². The second-order valence-corrected chi connectivity index (χ2v) is 4.84. The van der Waals surface area contributed by atoms with E-state index in [1.54, 1.807) is 12.1 Å². The molecule has 1 heterocycles. The topological polar surface area (TPSA) is 29.5 Å². The summed E-state index contributed by atoms with van der Waals surface area (Å²) < 4.78 is 33.4. The number of benzene rings is 1. The van der Waals surface area contributed by atoms with Gasteiger partial charge < -0.3 is 9.64 Å². The van der Waals surface area contributed by atoms with E-state index in [9.17, 15) is 13.6 Å². The van der Waals surface area contributed by atoms with Crippen LogP contribution in [0, 0.1) is 6.92 Å². The molecule has 0 radical (unpaired) electrons. The van der Waals surface area contributed by atoms with E-state index in [-0.39, 0.29) is 18.2 Å². The molecule has 1 amide bonds. The van der Waals surface area contributed by atoms with Crippen molar-refractivity contribution in [1.82, 2.24) is 4.90 Å². The van der Waals surface area contributed by atoms with Gasteiger partial charge in [0, 0.05) is 25.8 Å². The molecule has 0 aliphatic carbocycles. The Morgan fingerprint density at radius 2 is 2.00 bits per heavy atom. The van der Waals surface area contributed by atoms with Gasteiger partial charge in [-0.05, 0) is 13.3 Å². The van der Waals surface area contributed by atoms with E-state index in [1.165, 1.54) is 24.1 Å². The minimum absolute atomic E-state index is 0.141. The number of amides is 1. The summed E-state index contributed by atoms with van der Waals surface area (Å²) in [5.41, 5.74) is 0.622. The molecule has 0 bridgehead atoms. The normalized spacial score (nSPS) is 19.8. The molecule has 1 atom stereocenters. The van der Waals surface area contributed by atoms with Crippen LogP contribution in [0.3, 0.4) is 0 Å². The fourth-order valence-corrected chi connectivity index (χ4v) is 2.19. The van der Waals surface area contributed by atoms with Gasteiger partial charge in [0.2, 0.25) is 0 Å². The number of hydrogen-bond donors (Lipinski definition) is 0. The number of carbonyl (C=O) groups is 1. The molecule has 1 aliphatic heterocycles. The van der Waals surface area contributed by atoms with E-state index >= 15 is 0 Å². The molecule has 1 aromatic rings. The van der Waals surface area contributed by atoms with E-state index in [2.05, 4.69) is 0 Å². The first-order valence-electron chi connectivity index (χ1n) is 6.22. The summed E-state index contributed by atoms with van der Waals surface area (Å²) in [6, 6.07) is 5.77. The van der Waals surface area contributed by atoms with Gasteiger partial charge in [-0.3, -0.25) is 4.79 Å². The van der Waals surface area contributed by atoms with Crippen LogP contribution in [0.1, 0.15) is 17.5 Å². The van der Waals surface area contributed by atoms with Crippen molar-refractivity contribution in [2.45, 2.75) is 25.4 Å². The number of alkyl halides is 2. The molecule has 0 aromatic heterocycles. The van der Waals surface area contributed by atoms with E-state index < -0.39 is 11.8 Å². The number of aryl methyl sites for hydroxylation is 1. The molecule has 2 rings (SSSR count). The number of hydrogen-bond acceptors (Lipinski definition) is 2. The predicted molar refractivity (Wildman–Crippen MR) is 67.1 cm³/mol. The largest absolute Gasteiger partial charge is 0.380 e. The van der Waals surface area contributed by atoms with Gasteiger partial charge in [0.05, 0.1) is 6.10 Å². The third-order valence-electron chi connectivity index (χ3n) is 3.45. The fraction of sp³-hybridized carbons (Fsp3) is 0.500. The summed E-state index contributed by atoms with van der Waals surface area (Å²) in [6.07, 6.45) is 0.462. The Balaban J connectivity index is 2.15. The number of rotatable bonds is 3. The third-order valence-corrected chi connectivity index (χ3v) is 3.45. The molecule has 1 saturated heterocycles. The smallest absolute Gasteiger partial charge is 0.349 e. The highest BCUT2D eigenvalue weighted by molar-refractivity contribution is 5.85. The van der Waals surface area contributed by atoms with Crippen LogP contribution in [0.5, 0.6) is 0 Å². The van der Waals surface area contributed by atoms with Gasteiger partial charge in [0.25, 0.3) is 5.91 Å². The molecule has 104 valence electrons. The van der Waals surface area contributed by atoms with Crippen LogP contribution in [0.4, 0.5) is 8.78 Å². The molecule has 5 heteroatoms. The highest BCUT2D eigenvalue weighted by Gasteiger charge is 2.45. The predicted octanol–water partition coefficient (Wildman–Crippen LogP) is 2.33. The van der Waals surface area contributed by atoms with E-state index in [4.69, 9.17) is 4.74 Å². The monoisotopic (exact) mass is 269 g/mol. The van der Waals surface area contributed by atoms with Crippen LogP contribution in [-0.2, 0) is 15.5 Å². The molecule has 0 saturated carbocycles. The standard InChI is InChI=1S/C14H17F2NO2/c1-10-3-5-11(6-4-10)14(15,16)13(18)17-8-7-12(9-17)19-2/h3-6,12H,7-9H2,1-2H3/t12-/m1/s1. The second-order valence-electron chi connectivity index (χ2n) is 4.84. The minimum atomic E-state index is -3.48. The fourth-order valence-electron chi connectivity index (χ4n) is 2.19. The third kappa shape index (κ3) is 2.76. The molecule has 1 fully saturated rings. The average molecular weight is 269 g/mol. The Bertz CT molecular complexity index is 459. The van der Waals surface area contributed by atoms with Crippen molar-refractivity contribution in [3.8, 4) is 0 Å². The zero-order chi connectivity index (χ0) is 14.0. The van der Waals surface area contributed by atoms with Crippen molar-refractivity contribution in [2.24, 2.45) is 0 Å². The number of methoxy groups -OCH3 is 1. The van der Waals surface area contributed by atoms with Crippen LogP contribution in [-0.4, -0.2) is 37.1 Å². The number of nitrogens with zero attached hydrogens (tertiary/aromatic N) is 1. The minimum Gasteiger partial charge on any atom is -0.380 e. The first kappa shape index (κ1) is 13.9. The average Bonchev–Trinajstić information content (AvgIpc) is 2.87. The van der Waals surface area contributed by atoms with Crippen LogP contribution in [0.2, 0.25) is 0 Å². The molecule has 0 spiro atoms. The first-order chi connectivity index (χ1) is 8.95. The zero-order valence-electron chi connectivity index (χ0n) is 11.0. The Hall–Kier alpha value is -1.49. The lowest BCUT2D eigenvalue weighted by molar-refractivity contribution is -0.158. The Labute approximate surface area is 111 Å². The summed E-state index contributed by atoms with van der Waals surface area (Å²) in [4.78, 5) is 13.1. The SMILES string of the molecule is CO[C@@H]1CCN(C(=O)C(F)(F)c2ccc(C)cc2)C1. The van der Waals surface area contributed by atoms with Crippen molar-refractivity contribution < 1.29 is 18.3 Å². The van der Waals surface area contributed by atoms with Crippen molar-refractivity contribution in [2.75, 3.05) is 20.2 Å². The summed E-state index contributed by atoms with van der Waals surface area (Å²) in [5.74, 6) is -4.62. The van der Waals surface area contributed by atoms with Crippen molar-refractivity contribution in [1.29, 1.82) is 0 Å². The van der Waals surface area contributed by atoms with E-state index in [0.29, 0.717) is 13.0 Å². The number of carbonyl (C=O) groups excluding carboxylic acids is 1. The lowest BCUT2D eigenvalue weighted by Gasteiger charge is -2.23.